The molecular formula is C9H8BrClN4. The van der Waals surface area contributed by atoms with Crippen molar-refractivity contribution in [2.24, 2.45) is 0 Å². The summed E-state index contributed by atoms with van der Waals surface area (Å²) in [6, 6.07) is 5.86. The number of hydrogen-bond donors (Lipinski definition) is 0. The fourth-order valence-electron chi connectivity index (χ4n) is 1.30. The molecule has 15 heavy (non-hydrogen) atoms. The molecule has 0 radical (unpaired) electrons. The van der Waals surface area contributed by atoms with Crippen molar-refractivity contribution in [2.45, 2.75) is 12.8 Å². The molecule has 0 amide bonds. The average molecular weight is 288 g/mol. The van der Waals surface area contributed by atoms with Crippen LogP contribution in [0.25, 0.3) is 5.69 Å². The van der Waals surface area contributed by atoms with Crippen LogP contribution >= 0.6 is 27.5 Å². The lowest BCUT2D eigenvalue weighted by Gasteiger charge is -2.07. The van der Waals surface area contributed by atoms with Gasteiger partial charge in [-0.3, -0.25) is 0 Å². The second kappa shape index (κ2) is 4.28. The van der Waals surface area contributed by atoms with E-state index in [1.54, 1.807) is 4.68 Å². The topological polar surface area (TPSA) is 43.6 Å². The van der Waals surface area contributed by atoms with Gasteiger partial charge < -0.3 is 0 Å². The van der Waals surface area contributed by atoms with Gasteiger partial charge in [-0.05, 0) is 35.0 Å². The molecule has 0 bridgehead atoms. The maximum Gasteiger partial charge on any atom is 0.171 e. The summed E-state index contributed by atoms with van der Waals surface area (Å²) in [5.74, 6) is 0.928. The van der Waals surface area contributed by atoms with Crippen LogP contribution in [0.15, 0.2) is 22.7 Å². The van der Waals surface area contributed by atoms with Crippen LogP contribution in [0.2, 0.25) is 0 Å². The molecule has 0 saturated heterocycles. The lowest BCUT2D eigenvalue weighted by molar-refractivity contribution is 0.772. The van der Waals surface area contributed by atoms with Crippen LogP contribution in [0, 0.1) is 6.92 Å². The van der Waals surface area contributed by atoms with Crippen LogP contribution in [0.1, 0.15) is 11.4 Å². The molecule has 0 fully saturated rings. The first-order chi connectivity index (χ1) is 7.24. The van der Waals surface area contributed by atoms with Crippen LogP contribution in [0.3, 0.4) is 0 Å². The summed E-state index contributed by atoms with van der Waals surface area (Å²) in [5, 5.41) is 11.3. The highest BCUT2D eigenvalue weighted by atomic mass is 79.9. The van der Waals surface area contributed by atoms with Gasteiger partial charge in [0.15, 0.2) is 5.82 Å². The molecule has 0 spiro atoms. The molecule has 0 atom stereocenters. The number of alkyl halides is 1. The third-order valence-electron chi connectivity index (χ3n) is 2.12. The van der Waals surface area contributed by atoms with Crippen molar-refractivity contribution >= 4 is 27.5 Å². The van der Waals surface area contributed by atoms with Crippen LogP contribution < -0.4 is 0 Å². The predicted octanol–water partition coefficient (Wildman–Crippen LogP) is 2.47. The van der Waals surface area contributed by atoms with Crippen molar-refractivity contribution in [3.63, 3.8) is 0 Å². The van der Waals surface area contributed by atoms with E-state index >= 15 is 0 Å². The van der Waals surface area contributed by atoms with Crippen LogP contribution in [0.5, 0.6) is 0 Å². The summed E-state index contributed by atoms with van der Waals surface area (Å²) in [6.07, 6.45) is 0. The Morgan fingerprint density at radius 1 is 1.47 bits per heavy atom. The monoisotopic (exact) mass is 286 g/mol. The maximum absolute atomic E-state index is 5.74. The lowest BCUT2D eigenvalue weighted by atomic mass is 10.2. The van der Waals surface area contributed by atoms with E-state index in [1.807, 2.05) is 25.1 Å². The summed E-state index contributed by atoms with van der Waals surface area (Å²) in [4.78, 5) is 0. The van der Waals surface area contributed by atoms with Gasteiger partial charge in [-0.1, -0.05) is 22.0 Å². The highest BCUT2D eigenvalue weighted by molar-refractivity contribution is 9.10. The van der Waals surface area contributed by atoms with Gasteiger partial charge in [-0.25, -0.2) is 0 Å². The van der Waals surface area contributed by atoms with Crippen molar-refractivity contribution in [1.29, 1.82) is 0 Å². The fraction of sp³-hybridized carbons (Fsp3) is 0.222. The third kappa shape index (κ3) is 1.89. The molecule has 0 aliphatic carbocycles. The third-order valence-corrected chi connectivity index (χ3v) is 3.22. The Morgan fingerprint density at radius 2 is 2.27 bits per heavy atom. The van der Waals surface area contributed by atoms with Gasteiger partial charge in [0.1, 0.15) is 0 Å². The summed E-state index contributed by atoms with van der Waals surface area (Å²) in [5.41, 5.74) is 2.01. The minimum Gasteiger partial charge on any atom is -0.196 e. The molecular weight excluding hydrogens is 279 g/mol. The smallest absolute Gasteiger partial charge is 0.171 e. The first kappa shape index (κ1) is 10.6. The molecule has 1 heterocycles. The van der Waals surface area contributed by atoms with Gasteiger partial charge in [0.05, 0.1) is 11.6 Å². The normalized spacial score (nSPS) is 10.6. The molecule has 1 aromatic heterocycles. The SMILES string of the molecule is Cc1c(Br)cccc1-n1nnnc1CCl. The van der Waals surface area contributed by atoms with Crippen LogP contribution in [0.4, 0.5) is 0 Å². The Labute approximate surface area is 100 Å². The van der Waals surface area contributed by atoms with Gasteiger partial charge in [-0.15, -0.1) is 16.7 Å². The number of benzene rings is 1. The zero-order valence-electron chi connectivity index (χ0n) is 7.98. The zero-order valence-corrected chi connectivity index (χ0v) is 10.3. The summed E-state index contributed by atoms with van der Waals surface area (Å²) in [7, 11) is 0. The minimum absolute atomic E-state index is 0.291. The lowest BCUT2D eigenvalue weighted by Crippen LogP contribution is -2.03. The van der Waals surface area contributed by atoms with E-state index in [2.05, 4.69) is 31.5 Å². The fourth-order valence-corrected chi connectivity index (χ4v) is 1.82. The van der Waals surface area contributed by atoms with E-state index in [4.69, 9.17) is 11.6 Å². The molecule has 0 unspecified atom stereocenters. The molecule has 2 aromatic rings. The molecule has 0 saturated carbocycles. The van der Waals surface area contributed by atoms with Gasteiger partial charge in [0, 0.05) is 4.47 Å². The molecule has 0 aliphatic heterocycles. The van der Waals surface area contributed by atoms with Crippen molar-refractivity contribution in [2.75, 3.05) is 0 Å². The maximum atomic E-state index is 5.74. The Kier molecular flexibility index (Phi) is 3.02. The number of aromatic nitrogens is 4. The van der Waals surface area contributed by atoms with E-state index in [0.717, 1.165) is 15.7 Å². The highest BCUT2D eigenvalue weighted by Crippen LogP contribution is 2.22. The number of halogens is 2. The van der Waals surface area contributed by atoms with E-state index in [9.17, 15) is 0 Å². The van der Waals surface area contributed by atoms with Gasteiger partial charge in [0.2, 0.25) is 0 Å². The Hall–Kier alpha value is -0.940. The second-order valence-corrected chi connectivity index (χ2v) is 4.15. The first-order valence-electron chi connectivity index (χ1n) is 4.32. The highest BCUT2D eigenvalue weighted by Gasteiger charge is 2.10. The van der Waals surface area contributed by atoms with Gasteiger partial charge >= 0.3 is 0 Å². The summed E-state index contributed by atoms with van der Waals surface area (Å²) >= 11 is 9.20. The Balaban J connectivity index is 2.59. The molecule has 2 rings (SSSR count). The molecule has 6 heteroatoms. The number of nitrogens with zero attached hydrogens (tertiary/aromatic N) is 4. The standard InChI is InChI=1S/C9H8BrClN4/c1-6-7(10)3-2-4-8(6)15-9(5-11)12-13-14-15/h2-4H,5H2,1H3. The Bertz CT molecular complexity index is 483. The molecule has 1 aromatic carbocycles. The number of tetrazole rings is 1. The molecule has 78 valence electrons. The van der Waals surface area contributed by atoms with Crippen LogP contribution in [-0.4, -0.2) is 20.2 Å². The van der Waals surface area contributed by atoms with E-state index < -0.39 is 0 Å². The van der Waals surface area contributed by atoms with Gasteiger partial charge in [-0.2, -0.15) is 4.68 Å². The van der Waals surface area contributed by atoms with E-state index in [-0.39, 0.29) is 0 Å². The number of rotatable bonds is 2. The van der Waals surface area contributed by atoms with Gasteiger partial charge in [0.25, 0.3) is 0 Å². The molecule has 0 aliphatic rings. The van der Waals surface area contributed by atoms with E-state index in [0.29, 0.717) is 11.7 Å². The largest absolute Gasteiger partial charge is 0.196 e. The zero-order chi connectivity index (χ0) is 10.8. The molecule has 0 N–H and O–H groups in total. The molecule has 4 nitrogen and oxygen atoms in total. The summed E-state index contributed by atoms with van der Waals surface area (Å²) < 4.78 is 2.67. The van der Waals surface area contributed by atoms with Crippen molar-refractivity contribution in [1.82, 2.24) is 20.2 Å². The average Bonchev–Trinajstić information content (AvgIpc) is 2.70. The van der Waals surface area contributed by atoms with Crippen molar-refractivity contribution in [3.8, 4) is 5.69 Å². The second-order valence-electron chi connectivity index (χ2n) is 3.02. The number of hydrogen-bond acceptors (Lipinski definition) is 3. The Morgan fingerprint density at radius 3 is 3.00 bits per heavy atom. The van der Waals surface area contributed by atoms with E-state index in [1.165, 1.54) is 0 Å². The predicted molar refractivity (Wildman–Crippen MR) is 61.1 cm³/mol. The van der Waals surface area contributed by atoms with Crippen LogP contribution in [-0.2, 0) is 5.88 Å². The van der Waals surface area contributed by atoms with Crippen molar-refractivity contribution in [3.05, 3.63) is 34.1 Å². The minimum atomic E-state index is 0.291. The van der Waals surface area contributed by atoms with Crippen molar-refractivity contribution < 1.29 is 0 Å². The summed E-state index contributed by atoms with van der Waals surface area (Å²) in [6.45, 7) is 2.00. The quantitative estimate of drug-likeness (QED) is 0.797. The first-order valence-corrected chi connectivity index (χ1v) is 5.65.